The molecule has 3 heterocycles. The number of sulfone groups is 1. The molecule has 0 spiro atoms. The number of hydrogen-bond donors (Lipinski definition) is 0. The molecule has 2 aliphatic heterocycles. The first-order chi connectivity index (χ1) is 8.90. The van der Waals surface area contributed by atoms with Crippen molar-refractivity contribution in [1.29, 1.82) is 0 Å². The summed E-state index contributed by atoms with van der Waals surface area (Å²) in [5.41, 5.74) is -0.243. The number of nitrogens with zero attached hydrogens (tertiary/aromatic N) is 2. The summed E-state index contributed by atoms with van der Waals surface area (Å²) in [5.74, 6) is -0.333. The summed E-state index contributed by atoms with van der Waals surface area (Å²) < 4.78 is 24.6. The molecule has 6 nitrogen and oxygen atoms in total. The number of carbonyl (C=O) groups is 1. The van der Waals surface area contributed by atoms with Crippen molar-refractivity contribution < 1.29 is 13.2 Å². The molecular formula is C12H14N2O4S. The smallest absolute Gasteiger partial charge is 0.263 e. The summed E-state index contributed by atoms with van der Waals surface area (Å²) in [7, 11) is -1.45. The number of fused-ring (bicyclic) bond motifs is 2. The van der Waals surface area contributed by atoms with E-state index < -0.39 is 15.1 Å². The SMILES string of the molecule is Cn1cccc(C(=O)N2CC3CC2CS3(=O)=O)c1=O. The Balaban J connectivity index is 1.92. The zero-order valence-corrected chi connectivity index (χ0v) is 11.3. The summed E-state index contributed by atoms with van der Waals surface area (Å²) in [5, 5.41) is -0.450. The lowest BCUT2D eigenvalue weighted by Crippen LogP contribution is -2.45. The van der Waals surface area contributed by atoms with Crippen LogP contribution in [0.2, 0.25) is 0 Å². The third-order valence-corrected chi connectivity index (χ3v) is 6.13. The molecule has 1 aromatic heterocycles. The molecule has 0 aliphatic carbocycles. The van der Waals surface area contributed by atoms with Gasteiger partial charge in [0.05, 0.1) is 11.0 Å². The van der Waals surface area contributed by atoms with E-state index in [-0.39, 0.29) is 35.4 Å². The molecular weight excluding hydrogens is 268 g/mol. The van der Waals surface area contributed by atoms with Crippen molar-refractivity contribution in [3.05, 3.63) is 34.2 Å². The molecule has 3 rings (SSSR count). The van der Waals surface area contributed by atoms with Crippen molar-refractivity contribution in [3.8, 4) is 0 Å². The van der Waals surface area contributed by atoms with Crippen LogP contribution in [0, 0.1) is 0 Å². The molecule has 102 valence electrons. The number of carbonyl (C=O) groups excluding carboxylic acids is 1. The fraction of sp³-hybridized carbons (Fsp3) is 0.500. The number of pyridine rings is 1. The second-order valence-corrected chi connectivity index (χ2v) is 7.46. The molecule has 2 unspecified atom stereocenters. The van der Waals surface area contributed by atoms with Gasteiger partial charge in [-0.15, -0.1) is 0 Å². The minimum atomic E-state index is -3.03. The second-order valence-electron chi connectivity index (χ2n) is 5.14. The molecule has 0 radical (unpaired) electrons. The molecule has 0 aromatic carbocycles. The Labute approximate surface area is 110 Å². The van der Waals surface area contributed by atoms with E-state index in [9.17, 15) is 18.0 Å². The monoisotopic (exact) mass is 282 g/mol. The maximum Gasteiger partial charge on any atom is 0.263 e. The lowest BCUT2D eigenvalue weighted by molar-refractivity contribution is 0.0743. The Morgan fingerprint density at radius 1 is 1.42 bits per heavy atom. The van der Waals surface area contributed by atoms with Gasteiger partial charge < -0.3 is 9.47 Å². The Morgan fingerprint density at radius 3 is 2.74 bits per heavy atom. The van der Waals surface area contributed by atoms with Crippen LogP contribution in [0.5, 0.6) is 0 Å². The predicted octanol–water partition coefficient (Wildman–Crippen LogP) is -0.603. The Bertz CT molecular complexity index is 707. The van der Waals surface area contributed by atoms with E-state index in [0.717, 1.165) is 0 Å². The number of amides is 1. The summed E-state index contributed by atoms with van der Waals surface area (Å²) in [4.78, 5) is 25.8. The van der Waals surface area contributed by atoms with Gasteiger partial charge in [-0.05, 0) is 18.6 Å². The summed E-state index contributed by atoms with van der Waals surface area (Å²) >= 11 is 0. The Hall–Kier alpha value is -1.63. The van der Waals surface area contributed by atoms with Gasteiger partial charge in [-0.25, -0.2) is 8.42 Å². The third kappa shape index (κ3) is 1.80. The quantitative estimate of drug-likeness (QED) is 0.689. The van der Waals surface area contributed by atoms with Crippen LogP contribution in [0.3, 0.4) is 0 Å². The highest BCUT2D eigenvalue weighted by molar-refractivity contribution is 7.92. The highest BCUT2D eigenvalue weighted by Crippen LogP contribution is 2.33. The number of hydrogen-bond acceptors (Lipinski definition) is 4. The summed E-state index contributed by atoms with van der Waals surface area (Å²) in [6, 6.07) is 2.86. The van der Waals surface area contributed by atoms with Gasteiger partial charge in [0.15, 0.2) is 9.84 Å². The van der Waals surface area contributed by atoms with Gasteiger partial charge >= 0.3 is 0 Å². The first kappa shape index (κ1) is 12.4. The van der Waals surface area contributed by atoms with Crippen LogP contribution < -0.4 is 5.56 Å². The average molecular weight is 282 g/mol. The van der Waals surface area contributed by atoms with Crippen molar-refractivity contribution >= 4 is 15.7 Å². The molecule has 2 bridgehead atoms. The minimum Gasteiger partial charge on any atom is -0.333 e. The standard InChI is InChI=1S/C12H14N2O4S/c1-13-4-2-3-10(11(13)15)12(16)14-6-9-5-8(14)7-19(9,17)18/h2-4,8-9H,5-7H2,1H3. The maximum atomic E-state index is 12.3. The molecule has 1 aromatic rings. The van der Waals surface area contributed by atoms with Crippen LogP contribution in [0.4, 0.5) is 0 Å². The first-order valence-corrected chi connectivity index (χ1v) is 7.80. The van der Waals surface area contributed by atoms with E-state index in [1.807, 2.05) is 0 Å². The number of aromatic nitrogens is 1. The van der Waals surface area contributed by atoms with Crippen molar-refractivity contribution in [2.75, 3.05) is 12.3 Å². The molecule has 0 N–H and O–H groups in total. The number of rotatable bonds is 1. The van der Waals surface area contributed by atoms with Gasteiger partial charge in [-0.3, -0.25) is 9.59 Å². The minimum absolute atomic E-state index is 0.0244. The predicted molar refractivity (Wildman–Crippen MR) is 68.7 cm³/mol. The van der Waals surface area contributed by atoms with Gasteiger partial charge in [0.2, 0.25) is 0 Å². The molecule has 7 heteroatoms. The van der Waals surface area contributed by atoms with Gasteiger partial charge in [0.25, 0.3) is 11.5 Å². The average Bonchev–Trinajstić information content (AvgIpc) is 2.87. The third-order valence-electron chi connectivity index (χ3n) is 3.92. The Kier molecular flexibility index (Phi) is 2.57. The molecule has 2 fully saturated rings. The lowest BCUT2D eigenvalue weighted by Gasteiger charge is -2.26. The van der Waals surface area contributed by atoms with Gasteiger partial charge in [0, 0.05) is 25.8 Å². The van der Waals surface area contributed by atoms with Crippen LogP contribution in [0.15, 0.2) is 23.1 Å². The van der Waals surface area contributed by atoms with Crippen LogP contribution >= 0.6 is 0 Å². The molecule has 0 saturated carbocycles. The summed E-state index contributed by atoms with van der Waals surface area (Å²) in [6.45, 7) is 0.212. The van der Waals surface area contributed by atoms with Crippen molar-refractivity contribution in [1.82, 2.24) is 9.47 Å². The van der Waals surface area contributed by atoms with Crippen LogP contribution in [-0.2, 0) is 16.9 Å². The fourth-order valence-corrected chi connectivity index (χ4v) is 4.89. The maximum absolute atomic E-state index is 12.3. The molecule has 2 aliphatic rings. The van der Waals surface area contributed by atoms with Gasteiger partial charge in [0.1, 0.15) is 5.56 Å². The van der Waals surface area contributed by atoms with E-state index in [0.29, 0.717) is 6.42 Å². The number of aryl methyl sites for hydroxylation is 1. The number of likely N-dealkylation sites (tertiary alicyclic amines) is 1. The normalized spacial score (nSPS) is 27.7. The zero-order valence-electron chi connectivity index (χ0n) is 10.4. The zero-order chi connectivity index (χ0) is 13.8. The molecule has 19 heavy (non-hydrogen) atoms. The largest absolute Gasteiger partial charge is 0.333 e. The van der Waals surface area contributed by atoms with E-state index in [4.69, 9.17) is 0 Å². The fourth-order valence-electron chi connectivity index (χ4n) is 2.86. The van der Waals surface area contributed by atoms with Gasteiger partial charge in [-0.2, -0.15) is 0 Å². The molecule has 1 amide bonds. The highest BCUT2D eigenvalue weighted by atomic mass is 32.2. The summed E-state index contributed by atoms with van der Waals surface area (Å²) in [6.07, 6.45) is 2.08. The van der Waals surface area contributed by atoms with Crippen molar-refractivity contribution in [3.63, 3.8) is 0 Å². The van der Waals surface area contributed by atoms with Crippen LogP contribution in [0.1, 0.15) is 16.8 Å². The van der Waals surface area contributed by atoms with Crippen LogP contribution in [-0.4, -0.2) is 47.4 Å². The lowest BCUT2D eigenvalue weighted by atomic mass is 10.2. The van der Waals surface area contributed by atoms with Crippen molar-refractivity contribution in [2.45, 2.75) is 17.7 Å². The van der Waals surface area contributed by atoms with E-state index in [1.54, 1.807) is 19.3 Å². The highest BCUT2D eigenvalue weighted by Gasteiger charge is 2.50. The van der Waals surface area contributed by atoms with Crippen LogP contribution in [0.25, 0.3) is 0 Å². The molecule has 2 atom stereocenters. The Morgan fingerprint density at radius 2 is 2.16 bits per heavy atom. The van der Waals surface area contributed by atoms with E-state index in [2.05, 4.69) is 0 Å². The van der Waals surface area contributed by atoms with Gasteiger partial charge in [-0.1, -0.05) is 0 Å². The topological polar surface area (TPSA) is 76.5 Å². The van der Waals surface area contributed by atoms with E-state index >= 15 is 0 Å². The first-order valence-electron chi connectivity index (χ1n) is 6.08. The second kappa shape index (κ2) is 3.93. The van der Waals surface area contributed by atoms with E-state index in [1.165, 1.54) is 15.5 Å². The molecule has 2 saturated heterocycles. The van der Waals surface area contributed by atoms with Crippen molar-refractivity contribution in [2.24, 2.45) is 7.05 Å².